The molecule has 4 aromatic heterocycles. The van der Waals surface area contributed by atoms with E-state index in [0.29, 0.717) is 0 Å². The second kappa shape index (κ2) is 16.0. The van der Waals surface area contributed by atoms with Gasteiger partial charge in [-0.2, -0.15) is 0 Å². The molecule has 42 heavy (non-hydrogen) atoms. The Morgan fingerprint density at radius 2 is 1.29 bits per heavy atom. The van der Waals surface area contributed by atoms with E-state index in [-0.39, 0.29) is 0 Å². The van der Waals surface area contributed by atoms with Gasteiger partial charge < -0.3 is 4.74 Å². The number of aldehydes is 1. The number of rotatable bonds is 18. The van der Waals surface area contributed by atoms with E-state index >= 15 is 0 Å². The van der Waals surface area contributed by atoms with Crippen molar-refractivity contribution in [3.05, 3.63) is 84.5 Å². The van der Waals surface area contributed by atoms with Crippen molar-refractivity contribution in [2.24, 2.45) is 0 Å². The van der Waals surface area contributed by atoms with E-state index in [1.54, 1.807) is 7.11 Å². The van der Waals surface area contributed by atoms with Crippen molar-refractivity contribution in [3.8, 4) is 16.2 Å². The van der Waals surface area contributed by atoms with Gasteiger partial charge in [-0.15, -0.1) is 45.3 Å². The molecule has 5 rings (SSSR count). The van der Waals surface area contributed by atoms with Crippen LogP contribution in [0.2, 0.25) is 0 Å². The third-order valence-electron chi connectivity index (χ3n) is 7.82. The van der Waals surface area contributed by atoms with Gasteiger partial charge in [-0.25, -0.2) is 0 Å². The molecule has 0 saturated carbocycles. The fraction of sp³-hybridized carbons (Fsp3) is 0.417. The number of fused-ring (bicyclic) bond motifs is 1. The van der Waals surface area contributed by atoms with E-state index < -0.39 is 0 Å². The van der Waals surface area contributed by atoms with Crippen molar-refractivity contribution < 1.29 is 9.53 Å². The molecule has 0 bridgehead atoms. The predicted molar refractivity (Wildman–Crippen MR) is 187 cm³/mol. The molecule has 0 saturated heterocycles. The molecule has 222 valence electrons. The van der Waals surface area contributed by atoms with Crippen LogP contribution in [0.4, 0.5) is 0 Å². The molecule has 0 unspecified atom stereocenters. The van der Waals surface area contributed by atoms with Crippen LogP contribution in [-0.4, -0.2) is 13.4 Å². The molecule has 0 atom stereocenters. The zero-order valence-corrected chi connectivity index (χ0v) is 28.2. The second-order valence-corrected chi connectivity index (χ2v) is 15.8. The molecule has 4 heterocycles. The normalized spacial score (nSPS) is 11.5. The minimum absolute atomic E-state index is 0.858. The SMILES string of the molecule is CCCCCCCCCCCCc1cc(C=O)c(Cc2cc3sc(Cc4sc(-c5ccccc5)cc4OC)cc3s2)s1. The molecule has 0 aliphatic carbocycles. The van der Waals surface area contributed by atoms with Crippen LogP contribution in [0, 0.1) is 0 Å². The molecule has 0 aliphatic heterocycles. The fourth-order valence-electron chi connectivity index (χ4n) is 5.53. The number of aryl methyl sites for hydroxylation is 1. The number of methoxy groups -OCH3 is 1. The molecule has 0 aliphatic rings. The van der Waals surface area contributed by atoms with Gasteiger partial charge in [0, 0.05) is 52.2 Å². The van der Waals surface area contributed by atoms with Crippen molar-refractivity contribution in [3.63, 3.8) is 0 Å². The Morgan fingerprint density at radius 1 is 0.667 bits per heavy atom. The molecule has 6 heteroatoms. The maximum Gasteiger partial charge on any atom is 0.151 e. The van der Waals surface area contributed by atoms with Gasteiger partial charge in [0.1, 0.15) is 5.75 Å². The lowest BCUT2D eigenvalue weighted by Crippen LogP contribution is -1.86. The van der Waals surface area contributed by atoms with Crippen molar-refractivity contribution in [2.45, 2.75) is 90.4 Å². The van der Waals surface area contributed by atoms with E-state index in [0.717, 1.165) is 36.9 Å². The van der Waals surface area contributed by atoms with Gasteiger partial charge in [-0.1, -0.05) is 95.0 Å². The molecular weight excluding hydrogens is 593 g/mol. The molecule has 0 spiro atoms. The maximum absolute atomic E-state index is 11.9. The first-order valence-corrected chi connectivity index (χ1v) is 18.7. The summed E-state index contributed by atoms with van der Waals surface area (Å²) >= 11 is 7.42. The standard InChI is InChI=1S/C36H42O2S4/c1-3-4-5-6-7-8-9-10-11-15-18-28-19-27(25-37)32(39-28)20-29-22-35-36(40-29)23-30(41-35)21-34-31(38-2)24-33(42-34)26-16-13-12-14-17-26/h12-14,16-17,19,22-25H,3-11,15,18,20-21H2,1-2H3. The van der Waals surface area contributed by atoms with Crippen LogP contribution in [0.5, 0.6) is 5.75 Å². The zero-order valence-electron chi connectivity index (χ0n) is 24.9. The number of hydrogen-bond donors (Lipinski definition) is 0. The number of carbonyl (C=O) groups is 1. The molecule has 0 fully saturated rings. The first-order valence-electron chi connectivity index (χ1n) is 15.5. The molecule has 0 amide bonds. The molecule has 0 radical (unpaired) electrons. The Morgan fingerprint density at radius 3 is 1.90 bits per heavy atom. The molecular formula is C36H42O2S4. The van der Waals surface area contributed by atoms with Gasteiger partial charge in [0.2, 0.25) is 0 Å². The van der Waals surface area contributed by atoms with Crippen LogP contribution in [0.3, 0.4) is 0 Å². The van der Waals surface area contributed by atoms with Gasteiger partial charge in [0.15, 0.2) is 6.29 Å². The summed E-state index contributed by atoms with van der Waals surface area (Å²) in [6.07, 6.45) is 17.5. The van der Waals surface area contributed by atoms with Crippen LogP contribution in [0.15, 0.2) is 54.6 Å². The van der Waals surface area contributed by atoms with Gasteiger partial charge in [0.05, 0.1) is 12.0 Å². The average molecular weight is 635 g/mol. The van der Waals surface area contributed by atoms with Crippen molar-refractivity contribution in [1.82, 2.24) is 0 Å². The topological polar surface area (TPSA) is 26.3 Å². The highest BCUT2D eigenvalue weighted by atomic mass is 32.1. The number of carbonyl (C=O) groups excluding carboxylic acids is 1. The number of thiophene rings is 4. The van der Waals surface area contributed by atoms with Crippen LogP contribution >= 0.6 is 45.3 Å². The Balaban J connectivity index is 1.14. The molecule has 0 N–H and O–H groups in total. The van der Waals surface area contributed by atoms with Crippen LogP contribution < -0.4 is 4.74 Å². The van der Waals surface area contributed by atoms with E-state index in [4.69, 9.17) is 4.74 Å². The summed E-state index contributed by atoms with van der Waals surface area (Å²) in [5.41, 5.74) is 2.12. The Kier molecular flexibility index (Phi) is 11.9. The number of benzene rings is 1. The highest BCUT2D eigenvalue weighted by Crippen LogP contribution is 2.41. The summed E-state index contributed by atoms with van der Waals surface area (Å²) < 4.78 is 8.43. The van der Waals surface area contributed by atoms with Gasteiger partial charge in [0.25, 0.3) is 0 Å². The van der Waals surface area contributed by atoms with Crippen molar-refractivity contribution in [2.75, 3.05) is 7.11 Å². The highest BCUT2D eigenvalue weighted by molar-refractivity contribution is 7.28. The summed E-state index contributed by atoms with van der Waals surface area (Å²) in [5.74, 6) is 0.976. The number of hydrogen-bond acceptors (Lipinski definition) is 6. The van der Waals surface area contributed by atoms with Gasteiger partial charge >= 0.3 is 0 Å². The quantitative estimate of drug-likeness (QED) is 0.0708. The third kappa shape index (κ3) is 8.43. The summed E-state index contributed by atoms with van der Waals surface area (Å²) in [5, 5.41) is 0. The highest BCUT2D eigenvalue weighted by Gasteiger charge is 2.16. The number of ether oxygens (including phenoxy) is 1. The maximum atomic E-state index is 11.9. The van der Waals surface area contributed by atoms with E-state index in [9.17, 15) is 4.79 Å². The first-order chi connectivity index (χ1) is 20.7. The number of unbranched alkanes of at least 4 members (excludes halogenated alkanes) is 9. The molecule has 1 aromatic carbocycles. The Bertz CT molecular complexity index is 1500. The fourth-order valence-corrected chi connectivity index (χ4v) is 10.5. The molecule has 5 aromatic rings. The van der Waals surface area contributed by atoms with E-state index in [2.05, 4.69) is 61.5 Å². The minimum Gasteiger partial charge on any atom is -0.496 e. The van der Waals surface area contributed by atoms with E-state index in [1.165, 1.54) is 108 Å². The monoisotopic (exact) mass is 634 g/mol. The van der Waals surface area contributed by atoms with Crippen molar-refractivity contribution >= 4 is 61.0 Å². The summed E-state index contributed by atoms with van der Waals surface area (Å²) in [4.78, 5) is 19.7. The predicted octanol–water partition coefficient (Wildman–Crippen LogP) is 12.2. The van der Waals surface area contributed by atoms with Gasteiger partial charge in [-0.05, 0) is 42.7 Å². The lowest BCUT2D eigenvalue weighted by molar-refractivity contribution is 0.112. The van der Waals surface area contributed by atoms with Crippen molar-refractivity contribution in [1.29, 1.82) is 0 Å². The largest absolute Gasteiger partial charge is 0.496 e. The van der Waals surface area contributed by atoms with Crippen LogP contribution in [0.1, 0.15) is 106 Å². The minimum atomic E-state index is 0.858. The first kappa shape index (κ1) is 31.2. The second-order valence-electron chi connectivity index (χ2n) is 11.1. The van der Waals surface area contributed by atoms with Crippen LogP contribution in [-0.2, 0) is 19.3 Å². The lowest BCUT2D eigenvalue weighted by Gasteiger charge is -2.02. The summed E-state index contributed by atoms with van der Waals surface area (Å²) in [7, 11) is 1.76. The average Bonchev–Trinajstić information content (AvgIpc) is 3.77. The zero-order chi connectivity index (χ0) is 29.1. The third-order valence-corrected chi connectivity index (χ3v) is 12.5. The van der Waals surface area contributed by atoms with Gasteiger partial charge in [-0.3, -0.25) is 4.79 Å². The smallest absolute Gasteiger partial charge is 0.151 e. The lowest BCUT2D eigenvalue weighted by atomic mass is 10.1. The Hall–Kier alpha value is -2.25. The summed E-state index contributed by atoms with van der Waals surface area (Å²) in [6, 6.07) is 19.5. The van der Waals surface area contributed by atoms with Crippen LogP contribution in [0.25, 0.3) is 19.8 Å². The van der Waals surface area contributed by atoms with E-state index in [1.807, 2.05) is 45.3 Å². The summed E-state index contributed by atoms with van der Waals surface area (Å²) in [6.45, 7) is 2.28. The Labute approximate surface area is 267 Å². The molecule has 2 nitrogen and oxygen atoms in total.